The summed E-state index contributed by atoms with van der Waals surface area (Å²) in [6, 6.07) is 4.19. The number of benzene rings is 1. The fourth-order valence-electron chi connectivity index (χ4n) is 2.71. The first-order valence-corrected chi connectivity index (χ1v) is 7.49. The van der Waals surface area contributed by atoms with Crippen LogP contribution in [0.15, 0.2) is 22.7 Å². The van der Waals surface area contributed by atoms with Crippen molar-refractivity contribution >= 4 is 21.6 Å². The van der Waals surface area contributed by atoms with E-state index in [1.165, 1.54) is 6.07 Å². The molecule has 1 aromatic carbocycles. The van der Waals surface area contributed by atoms with E-state index >= 15 is 0 Å². The van der Waals surface area contributed by atoms with Crippen LogP contribution in [0.25, 0.3) is 0 Å². The second-order valence-corrected chi connectivity index (χ2v) is 6.14. The third-order valence-electron chi connectivity index (χ3n) is 3.92. The summed E-state index contributed by atoms with van der Waals surface area (Å²) in [5.41, 5.74) is 5.70. The van der Waals surface area contributed by atoms with Crippen LogP contribution in [0.5, 0.6) is 0 Å². The summed E-state index contributed by atoms with van der Waals surface area (Å²) < 4.78 is 40.0. The summed E-state index contributed by atoms with van der Waals surface area (Å²) in [6.45, 7) is 3.17. The number of anilines is 1. The molecule has 2 rings (SSSR count). The average molecular weight is 351 g/mol. The standard InChI is InChI=1S/C14H18BrF3N2/c1-2-9-8-20(6-5-12(9)19)13-7-10(15)3-4-11(13)14(16,17)18/h3-4,7,9,12H,2,5-6,8,19H2,1H3. The number of nitrogens with two attached hydrogens (primary N) is 1. The molecule has 2 unspecified atom stereocenters. The van der Waals surface area contributed by atoms with Crippen molar-refractivity contribution in [3.05, 3.63) is 28.2 Å². The zero-order chi connectivity index (χ0) is 14.9. The number of hydrogen-bond acceptors (Lipinski definition) is 2. The van der Waals surface area contributed by atoms with Crippen LogP contribution in [0.2, 0.25) is 0 Å². The van der Waals surface area contributed by atoms with Crippen LogP contribution in [0.4, 0.5) is 18.9 Å². The van der Waals surface area contributed by atoms with Gasteiger partial charge in [0.15, 0.2) is 0 Å². The molecule has 1 fully saturated rings. The second-order valence-electron chi connectivity index (χ2n) is 5.23. The zero-order valence-electron chi connectivity index (χ0n) is 11.3. The predicted molar refractivity (Wildman–Crippen MR) is 77.7 cm³/mol. The van der Waals surface area contributed by atoms with Gasteiger partial charge >= 0.3 is 6.18 Å². The number of alkyl halides is 3. The van der Waals surface area contributed by atoms with Crippen molar-refractivity contribution in [2.24, 2.45) is 11.7 Å². The molecule has 0 aromatic heterocycles. The Morgan fingerprint density at radius 3 is 2.70 bits per heavy atom. The molecule has 1 aliphatic heterocycles. The summed E-state index contributed by atoms with van der Waals surface area (Å²) in [6.07, 6.45) is -2.73. The van der Waals surface area contributed by atoms with Crippen LogP contribution in [0.1, 0.15) is 25.3 Å². The molecule has 2 atom stereocenters. The van der Waals surface area contributed by atoms with Gasteiger partial charge in [0.25, 0.3) is 0 Å². The lowest BCUT2D eigenvalue weighted by Crippen LogP contribution is -2.47. The summed E-state index contributed by atoms with van der Waals surface area (Å²) in [5.74, 6) is 0.240. The summed E-state index contributed by atoms with van der Waals surface area (Å²) in [5, 5.41) is 0. The highest BCUT2D eigenvalue weighted by atomic mass is 79.9. The highest BCUT2D eigenvalue weighted by Crippen LogP contribution is 2.39. The normalized spacial score (nSPS) is 24.0. The monoisotopic (exact) mass is 350 g/mol. The highest BCUT2D eigenvalue weighted by Gasteiger charge is 2.36. The minimum atomic E-state index is -4.34. The van der Waals surface area contributed by atoms with Crippen LogP contribution < -0.4 is 10.6 Å². The van der Waals surface area contributed by atoms with Crippen LogP contribution in [-0.2, 0) is 6.18 Å². The number of rotatable bonds is 2. The molecule has 1 aliphatic rings. The fourth-order valence-corrected chi connectivity index (χ4v) is 3.06. The molecule has 2 nitrogen and oxygen atoms in total. The van der Waals surface area contributed by atoms with Crippen molar-refractivity contribution in [1.29, 1.82) is 0 Å². The van der Waals surface area contributed by atoms with E-state index in [9.17, 15) is 13.2 Å². The van der Waals surface area contributed by atoms with Gasteiger partial charge in [-0.2, -0.15) is 13.2 Å². The average Bonchev–Trinajstić information content (AvgIpc) is 2.37. The number of piperidine rings is 1. The predicted octanol–water partition coefficient (Wildman–Crippen LogP) is 4.03. The van der Waals surface area contributed by atoms with E-state index in [1.807, 2.05) is 11.8 Å². The maximum Gasteiger partial charge on any atom is 0.418 e. The highest BCUT2D eigenvalue weighted by molar-refractivity contribution is 9.10. The molecule has 0 radical (unpaired) electrons. The maximum atomic E-state index is 13.1. The number of nitrogens with zero attached hydrogens (tertiary/aromatic N) is 1. The molecular weight excluding hydrogens is 333 g/mol. The minimum absolute atomic E-state index is 0.0812. The van der Waals surface area contributed by atoms with E-state index in [4.69, 9.17) is 5.73 Å². The Hall–Kier alpha value is -0.750. The smallest absolute Gasteiger partial charge is 0.371 e. The number of hydrogen-bond donors (Lipinski definition) is 1. The Morgan fingerprint density at radius 2 is 2.10 bits per heavy atom. The fraction of sp³-hybridized carbons (Fsp3) is 0.571. The van der Waals surface area contributed by atoms with Crippen LogP contribution in [0, 0.1) is 5.92 Å². The molecular formula is C14H18BrF3N2. The Morgan fingerprint density at radius 1 is 1.40 bits per heavy atom. The first-order valence-electron chi connectivity index (χ1n) is 6.70. The SMILES string of the molecule is CCC1CN(c2cc(Br)ccc2C(F)(F)F)CCC1N. The molecule has 0 bridgehead atoms. The summed E-state index contributed by atoms with van der Waals surface area (Å²) in [7, 11) is 0. The third-order valence-corrected chi connectivity index (χ3v) is 4.42. The van der Waals surface area contributed by atoms with Crippen molar-refractivity contribution < 1.29 is 13.2 Å². The second kappa shape index (κ2) is 5.93. The maximum absolute atomic E-state index is 13.1. The van der Waals surface area contributed by atoms with E-state index in [2.05, 4.69) is 15.9 Å². The lowest BCUT2D eigenvalue weighted by Gasteiger charge is -2.39. The molecule has 20 heavy (non-hydrogen) atoms. The van der Waals surface area contributed by atoms with E-state index in [1.54, 1.807) is 6.07 Å². The van der Waals surface area contributed by atoms with Gasteiger partial charge in [0.05, 0.1) is 11.3 Å². The van der Waals surface area contributed by atoms with Gasteiger partial charge in [0.2, 0.25) is 0 Å². The third kappa shape index (κ3) is 3.28. The van der Waals surface area contributed by atoms with Crippen molar-refractivity contribution in [3.8, 4) is 0 Å². The van der Waals surface area contributed by atoms with Gasteiger partial charge in [-0.25, -0.2) is 0 Å². The largest absolute Gasteiger partial charge is 0.418 e. The molecule has 2 N–H and O–H groups in total. The van der Waals surface area contributed by atoms with Crippen LogP contribution in [-0.4, -0.2) is 19.1 Å². The molecule has 6 heteroatoms. The quantitative estimate of drug-likeness (QED) is 0.872. The van der Waals surface area contributed by atoms with Gasteiger partial charge in [-0.15, -0.1) is 0 Å². The molecule has 1 saturated heterocycles. The van der Waals surface area contributed by atoms with Crippen LogP contribution in [0.3, 0.4) is 0 Å². The molecule has 1 aromatic rings. The van der Waals surface area contributed by atoms with Crippen molar-refractivity contribution in [3.63, 3.8) is 0 Å². The Balaban J connectivity index is 2.34. The molecule has 0 amide bonds. The van der Waals surface area contributed by atoms with Crippen molar-refractivity contribution in [2.75, 3.05) is 18.0 Å². The van der Waals surface area contributed by atoms with Crippen LogP contribution >= 0.6 is 15.9 Å². The summed E-state index contributed by atoms with van der Waals surface area (Å²) in [4.78, 5) is 1.81. The molecule has 0 aliphatic carbocycles. The van der Waals surface area contributed by atoms with Crippen molar-refractivity contribution in [2.45, 2.75) is 32.0 Å². The lowest BCUT2D eigenvalue weighted by atomic mass is 9.90. The van der Waals surface area contributed by atoms with E-state index in [0.29, 0.717) is 17.6 Å². The Labute approximate surface area is 125 Å². The van der Waals surface area contributed by atoms with Gasteiger partial charge in [-0.1, -0.05) is 29.3 Å². The first kappa shape index (κ1) is 15.6. The topological polar surface area (TPSA) is 29.3 Å². The molecule has 112 valence electrons. The van der Waals surface area contributed by atoms with E-state index < -0.39 is 11.7 Å². The van der Waals surface area contributed by atoms with Gasteiger partial charge in [0, 0.05) is 23.6 Å². The van der Waals surface area contributed by atoms with Crippen molar-refractivity contribution in [1.82, 2.24) is 0 Å². The minimum Gasteiger partial charge on any atom is -0.371 e. The number of halogens is 4. The van der Waals surface area contributed by atoms with E-state index in [-0.39, 0.29) is 17.6 Å². The van der Waals surface area contributed by atoms with Gasteiger partial charge in [-0.3, -0.25) is 0 Å². The first-order chi connectivity index (χ1) is 9.32. The zero-order valence-corrected chi connectivity index (χ0v) is 12.8. The van der Waals surface area contributed by atoms with Gasteiger partial charge in [-0.05, 0) is 30.5 Å². The lowest BCUT2D eigenvalue weighted by molar-refractivity contribution is -0.137. The van der Waals surface area contributed by atoms with Gasteiger partial charge < -0.3 is 10.6 Å². The Kier molecular flexibility index (Phi) is 4.64. The van der Waals surface area contributed by atoms with E-state index in [0.717, 1.165) is 18.9 Å². The van der Waals surface area contributed by atoms with Gasteiger partial charge in [0.1, 0.15) is 0 Å². The summed E-state index contributed by atoms with van der Waals surface area (Å²) >= 11 is 3.26. The molecule has 0 saturated carbocycles. The Bertz CT molecular complexity index is 476. The molecule has 0 spiro atoms. The molecule has 1 heterocycles.